The summed E-state index contributed by atoms with van der Waals surface area (Å²) in [6.07, 6.45) is 4.49. The van der Waals surface area contributed by atoms with E-state index >= 15 is 0 Å². The Balaban J connectivity index is 2.62. The highest BCUT2D eigenvalue weighted by Gasteiger charge is 2.14. The number of ether oxygens (including phenoxy) is 1. The molecule has 0 amide bonds. The molecule has 0 aliphatic rings. The number of unbranched alkanes of at least 4 members (excludes halogenated alkanes) is 3. The van der Waals surface area contributed by atoms with Gasteiger partial charge in [0.25, 0.3) is 0 Å². The maximum atomic E-state index is 6.02. The average molecular weight is 316 g/mol. The normalized spacial score (nSPS) is 10.6. The minimum atomic E-state index is 0.277. The van der Waals surface area contributed by atoms with Gasteiger partial charge in [0.1, 0.15) is 5.02 Å². The lowest BCUT2D eigenvalue weighted by molar-refractivity contribution is 0.305. The van der Waals surface area contributed by atoms with Crippen molar-refractivity contribution in [1.82, 2.24) is 0 Å². The lowest BCUT2D eigenvalue weighted by atomic mass is 10.2. The molecule has 1 nitrogen and oxygen atoms in total. The maximum absolute atomic E-state index is 6.02. The molecule has 0 saturated carbocycles. The van der Waals surface area contributed by atoms with E-state index in [1.807, 2.05) is 0 Å². The second kappa shape index (κ2) is 7.58. The molecule has 0 unspecified atom stereocenters. The highest BCUT2D eigenvalue weighted by atomic mass is 35.5. The Kier molecular flexibility index (Phi) is 6.79. The van der Waals surface area contributed by atoms with Gasteiger partial charge in [0.15, 0.2) is 5.75 Å². The Labute approximate surface area is 122 Å². The zero-order valence-electron chi connectivity index (χ0n) is 9.53. The van der Waals surface area contributed by atoms with Gasteiger partial charge in [0.2, 0.25) is 0 Å². The second-order valence-corrected chi connectivity index (χ2v) is 5.28. The maximum Gasteiger partial charge on any atom is 0.158 e. The van der Waals surface area contributed by atoms with Crippen molar-refractivity contribution in [2.75, 3.05) is 6.61 Å². The summed E-state index contributed by atoms with van der Waals surface area (Å²) in [7, 11) is 0. The van der Waals surface area contributed by atoms with E-state index in [0.717, 1.165) is 12.8 Å². The molecule has 96 valence electrons. The fraction of sp³-hybridized carbons (Fsp3) is 0.500. The van der Waals surface area contributed by atoms with Crippen molar-refractivity contribution in [3.8, 4) is 5.75 Å². The molecule has 0 bridgehead atoms. The van der Waals surface area contributed by atoms with Crippen LogP contribution in [0.15, 0.2) is 6.07 Å². The van der Waals surface area contributed by atoms with E-state index in [2.05, 4.69) is 6.92 Å². The summed E-state index contributed by atoms with van der Waals surface area (Å²) in [4.78, 5) is 0. The van der Waals surface area contributed by atoms with Crippen molar-refractivity contribution in [2.24, 2.45) is 0 Å². The highest BCUT2D eigenvalue weighted by Crippen LogP contribution is 2.42. The Morgan fingerprint density at radius 2 is 1.65 bits per heavy atom. The quantitative estimate of drug-likeness (QED) is 0.342. The van der Waals surface area contributed by atoms with Gasteiger partial charge in [-0.1, -0.05) is 72.6 Å². The zero-order valence-corrected chi connectivity index (χ0v) is 12.6. The summed E-state index contributed by atoms with van der Waals surface area (Å²) in [6.45, 7) is 2.74. The van der Waals surface area contributed by atoms with Crippen LogP contribution in [0.1, 0.15) is 32.6 Å². The fourth-order valence-electron chi connectivity index (χ4n) is 1.38. The molecule has 0 N–H and O–H groups in total. The fourth-order valence-corrected chi connectivity index (χ4v) is 2.40. The number of rotatable bonds is 6. The van der Waals surface area contributed by atoms with Crippen LogP contribution in [0.25, 0.3) is 0 Å². The van der Waals surface area contributed by atoms with Crippen molar-refractivity contribution in [2.45, 2.75) is 32.6 Å². The average Bonchev–Trinajstić information content (AvgIpc) is 2.30. The van der Waals surface area contributed by atoms with Crippen molar-refractivity contribution in [3.05, 3.63) is 26.2 Å². The van der Waals surface area contributed by atoms with Gasteiger partial charge in [-0.15, -0.1) is 0 Å². The number of benzene rings is 1. The molecule has 0 aliphatic carbocycles. The molecule has 0 atom stereocenters. The van der Waals surface area contributed by atoms with E-state index in [9.17, 15) is 0 Å². The Bertz CT molecular complexity index is 379. The summed E-state index contributed by atoms with van der Waals surface area (Å²) in [6, 6.07) is 1.54. The molecule has 1 aromatic carbocycles. The van der Waals surface area contributed by atoms with Crippen LogP contribution in [-0.4, -0.2) is 6.61 Å². The molecule has 0 heterocycles. The third-order valence-electron chi connectivity index (χ3n) is 2.32. The summed E-state index contributed by atoms with van der Waals surface area (Å²) in [5.41, 5.74) is 0. The topological polar surface area (TPSA) is 9.23 Å². The largest absolute Gasteiger partial charge is 0.490 e. The first-order valence-corrected chi connectivity index (χ1v) is 7.05. The SMILES string of the molecule is CCCCCCOc1c(Cl)cc(Cl)c(Cl)c1Cl. The van der Waals surface area contributed by atoms with Crippen LogP contribution >= 0.6 is 46.4 Å². The molecule has 0 radical (unpaired) electrons. The van der Waals surface area contributed by atoms with Gasteiger partial charge < -0.3 is 4.74 Å². The van der Waals surface area contributed by atoms with E-state index in [0.29, 0.717) is 22.4 Å². The third-order valence-corrected chi connectivity index (χ3v) is 3.84. The van der Waals surface area contributed by atoms with Crippen LogP contribution in [0.4, 0.5) is 0 Å². The minimum Gasteiger partial charge on any atom is -0.490 e. The lowest BCUT2D eigenvalue weighted by Gasteiger charge is -2.11. The van der Waals surface area contributed by atoms with Crippen LogP contribution in [-0.2, 0) is 0 Å². The monoisotopic (exact) mass is 314 g/mol. The van der Waals surface area contributed by atoms with E-state index in [1.54, 1.807) is 6.07 Å². The molecular weight excluding hydrogens is 302 g/mol. The molecule has 0 aliphatic heterocycles. The van der Waals surface area contributed by atoms with Gasteiger partial charge in [-0.2, -0.15) is 0 Å². The van der Waals surface area contributed by atoms with Gasteiger partial charge >= 0.3 is 0 Å². The predicted molar refractivity (Wildman–Crippen MR) is 76.1 cm³/mol. The first-order valence-electron chi connectivity index (χ1n) is 5.53. The zero-order chi connectivity index (χ0) is 12.8. The van der Waals surface area contributed by atoms with Crippen LogP contribution in [0.5, 0.6) is 5.75 Å². The smallest absolute Gasteiger partial charge is 0.158 e. The molecule has 17 heavy (non-hydrogen) atoms. The van der Waals surface area contributed by atoms with Crippen LogP contribution < -0.4 is 4.74 Å². The summed E-state index contributed by atoms with van der Waals surface area (Å²) in [5, 5.41) is 1.28. The molecule has 0 saturated heterocycles. The Morgan fingerprint density at radius 1 is 0.941 bits per heavy atom. The van der Waals surface area contributed by atoms with Gasteiger partial charge in [-0.05, 0) is 12.5 Å². The molecule has 0 spiro atoms. The first kappa shape index (κ1) is 15.2. The van der Waals surface area contributed by atoms with Crippen molar-refractivity contribution in [3.63, 3.8) is 0 Å². The van der Waals surface area contributed by atoms with E-state index in [4.69, 9.17) is 51.1 Å². The Hall–Kier alpha value is 0.180. The highest BCUT2D eigenvalue weighted by molar-refractivity contribution is 6.50. The number of hydrogen-bond acceptors (Lipinski definition) is 1. The molecule has 0 aromatic heterocycles. The summed E-state index contributed by atoms with van der Waals surface area (Å²) in [5.74, 6) is 0.416. The lowest BCUT2D eigenvalue weighted by Crippen LogP contribution is -1.99. The summed E-state index contributed by atoms with van der Waals surface area (Å²) >= 11 is 23.8. The molecule has 1 aromatic rings. The standard InChI is InChI=1S/C12H14Cl4O/c1-2-3-4-5-6-17-12-9(14)7-8(13)10(15)11(12)16/h7H,2-6H2,1H3. The van der Waals surface area contributed by atoms with Crippen LogP contribution in [0.2, 0.25) is 20.1 Å². The summed E-state index contributed by atoms with van der Waals surface area (Å²) < 4.78 is 5.54. The van der Waals surface area contributed by atoms with Gasteiger partial charge in [-0.3, -0.25) is 0 Å². The predicted octanol–water partition coefficient (Wildman–Crippen LogP) is 6.26. The number of halogens is 4. The van der Waals surface area contributed by atoms with Gasteiger partial charge in [-0.25, -0.2) is 0 Å². The van der Waals surface area contributed by atoms with Crippen LogP contribution in [0, 0.1) is 0 Å². The molecule has 0 fully saturated rings. The van der Waals surface area contributed by atoms with E-state index < -0.39 is 0 Å². The van der Waals surface area contributed by atoms with Crippen LogP contribution in [0.3, 0.4) is 0 Å². The molecule has 5 heteroatoms. The minimum absolute atomic E-state index is 0.277. The van der Waals surface area contributed by atoms with Gasteiger partial charge in [0.05, 0.1) is 21.7 Å². The van der Waals surface area contributed by atoms with Gasteiger partial charge in [0, 0.05) is 0 Å². The molecule has 1 rings (SSSR count). The van der Waals surface area contributed by atoms with Crippen molar-refractivity contribution < 1.29 is 4.74 Å². The second-order valence-electron chi connectivity index (χ2n) is 3.71. The first-order chi connectivity index (χ1) is 8.07. The third kappa shape index (κ3) is 4.40. The molecular formula is C12H14Cl4O. The van der Waals surface area contributed by atoms with E-state index in [1.165, 1.54) is 12.8 Å². The Morgan fingerprint density at radius 3 is 2.29 bits per heavy atom. The van der Waals surface area contributed by atoms with Crippen molar-refractivity contribution >= 4 is 46.4 Å². The van der Waals surface area contributed by atoms with E-state index in [-0.39, 0.29) is 10.0 Å². The van der Waals surface area contributed by atoms with Crippen molar-refractivity contribution in [1.29, 1.82) is 0 Å². The number of hydrogen-bond donors (Lipinski definition) is 0.